The van der Waals surface area contributed by atoms with E-state index in [2.05, 4.69) is 24.3 Å². The third-order valence-corrected chi connectivity index (χ3v) is 17.5. The molecule has 1 aliphatic rings. The Hall–Kier alpha value is -5.21. The number of carboxylic acids is 3. The predicted molar refractivity (Wildman–Crippen MR) is 208 cm³/mol. The number of carbonyl (C=O) groups excluding carboxylic acids is 4. The van der Waals surface area contributed by atoms with Crippen LogP contribution in [0.3, 0.4) is 0 Å². The van der Waals surface area contributed by atoms with E-state index < -0.39 is 86.4 Å². The van der Waals surface area contributed by atoms with Crippen LogP contribution in [0.1, 0.15) is 81.6 Å². The lowest BCUT2D eigenvalue weighted by Gasteiger charge is -2.21. The first-order valence-corrected chi connectivity index (χ1v) is 25.3. The van der Waals surface area contributed by atoms with Crippen molar-refractivity contribution in [3.8, 4) is 5.75 Å². The minimum absolute atomic E-state index is 0.0168. The first kappa shape index (κ1) is 46.8. The number of hydrogen-bond acceptors (Lipinski definition) is 10. The van der Waals surface area contributed by atoms with Crippen LogP contribution >= 0.6 is 0 Å². The third-order valence-electron chi connectivity index (χ3n) is 8.95. The normalized spacial score (nSPS) is 12.1. The molecule has 11 nitrogen and oxygen atoms in total. The quantitative estimate of drug-likeness (QED) is 0.0390. The average molecular weight is 1160 g/mol. The maximum absolute atomic E-state index is 11.2. The Bertz CT molecular complexity index is 2470. The minimum atomic E-state index is -1.22. The van der Waals surface area contributed by atoms with Crippen LogP contribution in [0.2, 0.25) is 0 Å². The van der Waals surface area contributed by atoms with E-state index in [1.54, 1.807) is 72.8 Å². The van der Waals surface area contributed by atoms with Crippen molar-refractivity contribution >= 4 is 29.6 Å². The number of non-ortho nitro benzene ring substituents is 1. The molecule has 0 aliphatic heterocycles. The molecular weight excluding hydrogens is 1120 g/mol. The van der Waals surface area contributed by atoms with Crippen molar-refractivity contribution < 1.29 is 108 Å². The van der Waals surface area contributed by atoms with Gasteiger partial charge in [-0.05, 0) is 103 Å². The summed E-state index contributed by atoms with van der Waals surface area (Å²) in [5, 5.41) is 43.9. The number of ether oxygens (including phenoxy) is 1. The topological polar surface area (TPSA) is 190 Å². The highest BCUT2D eigenvalue weighted by Gasteiger charge is 2.24. The van der Waals surface area contributed by atoms with E-state index in [9.17, 15) is 44.6 Å². The van der Waals surface area contributed by atoms with Gasteiger partial charge in [-0.25, -0.2) is 0 Å². The molecule has 0 saturated heterocycles. The number of rotatable bonds is 12. The lowest BCUT2D eigenvalue weighted by atomic mass is 9.84. The first-order chi connectivity index (χ1) is 29.4. The van der Waals surface area contributed by atoms with Gasteiger partial charge in [-0.2, -0.15) is 0 Å². The molecule has 6 aromatic carbocycles. The summed E-state index contributed by atoms with van der Waals surface area (Å²) in [5.41, 5.74) is 2.20. The molecule has 6 aromatic rings. The van der Waals surface area contributed by atoms with Gasteiger partial charge in [0.1, 0.15) is 5.75 Å². The lowest BCUT2D eigenvalue weighted by molar-refractivity contribution is -0.598. The van der Waals surface area contributed by atoms with Crippen LogP contribution in [0.5, 0.6) is 5.75 Å². The monoisotopic (exact) mass is 1160 g/mol. The van der Waals surface area contributed by atoms with Gasteiger partial charge in [0.25, 0.3) is 5.69 Å². The summed E-state index contributed by atoms with van der Waals surface area (Å²) in [6.07, 6.45) is 6.68. The summed E-state index contributed by atoms with van der Waals surface area (Å²) in [4.78, 5) is 54.3. The van der Waals surface area contributed by atoms with E-state index in [0.717, 1.165) is 20.2 Å². The summed E-state index contributed by atoms with van der Waals surface area (Å²) in [5.74, 6) is -2.61. The molecule has 14 heteroatoms. The van der Waals surface area contributed by atoms with E-state index in [-0.39, 0.29) is 22.8 Å². The highest BCUT2D eigenvalue weighted by atomic mass is 127. The van der Waals surface area contributed by atoms with Gasteiger partial charge >= 0.3 is 69.6 Å². The Morgan fingerprint density at radius 1 is 0.541 bits per heavy atom. The fraction of sp³-hybridized carbons (Fsp3) is 0.149. The molecule has 61 heavy (non-hydrogen) atoms. The van der Waals surface area contributed by atoms with Gasteiger partial charge in [0.05, 0.1) is 45.6 Å². The highest BCUT2D eigenvalue weighted by Crippen LogP contribution is 2.32. The lowest BCUT2D eigenvalue weighted by Crippen LogP contribution is -3.61. The molecule has 0 amide bonds. The standard InChI is InChI=1S/C19H19IO2.C15H11IO4.C13H8INO4/c21-19(22)17-8-4-5-9-18(17)20-16-12-10-15(11-13-16)14-6-2-1-3-7-14;1-10(17)20-12-8-6-11(7-9-12)16-14-5-3-2-4-13(14)15(18)19;16-13(17)11-6-1-2-7-12(11)14-9-4-3-5-10(8-9)15(18)19/h4-5,8-14H,1-3,6-7H2;2-9H,1H3;1-8H. The van der Waals surface area contributed by atoms with Crippen LogP contribution in [-0.4, -0.2) is 28.8 Å². The van der Waals surface area contributed by atoms with Gasteiger partial charge in [0.2, 0.25) is 14.3 Å². The smallest absolute Gasteiger partial charge is 0.358 e. The van der Waals surface area contributed by atoms with E-state index in [0.29, 0.717) is 14.9 Å². The van der Waals surface area contributed by atoms with Gasteiger partial charge in [-0.3, -0.25) is 14.9 Å². The number of aromatic carboxylic acids is 3. The molecule has 0 spiro atoms. The summed E-state index contributed by atoms with van der Waals surface area (Å²) in [6.45, 7) is 1.34. The zero-order valence-corrected chi connectivity index (χ0v) is 39.1. The Morgan fingerprint density at radius 3 is 1.39 bits per heavy atom. The molecule has 0 aromatic heterocycles. The molecule has 0 radical (unpaired) electrons. The fourth-order valence-electron chi connectivity index (χ4n) is 6.09. The SMILES string of the molecule is CC(=O)Oc1ccc([I+]c2ccccc2C(=O)[O-])cc1.O=C([O-])c1ccccc1[I+]c1ccc(C2CCCCC2)cc1.O=C([O-])c1ccccc1[I+]c1cccc([N+](=O)[O-])c1. The molecule has 7 rings (SSSR count). The number of halogens is 3. The Kier molecular flexibility index (Phi) is 18.2. The first-order valence-electron chi connectivity index (χ1n) is 18.9. The van der Waals surface area contributed by atoms with Crippen LogP contribution in [0.15, 0.2) is 146 Å². The van der Waals surface area contributed by atoms with Crippen molar-refractivity contribution in [3.05, 3.63) is 199 Å². The van der Waals surface area contributed by atoms with E-state index >= 15 is 0 Å². The van der Waals surface area contributed by atoms with Crippen LogP contribution in [0.25, 0.3) is 0 Å². The number of esters is 1. The number of nitro benzene ring substituents is 1. The molecular formula is C47H38I3NO10. The summed E-state index contributed by atoms with van der Waals surface area (Å²) in [7, 11) is 0. The van der Waals surface area contributed by atoms with Crippen molar-refractivity contribution in [1.82, 2.24) is 0 Å². The molecule has 0 unspecified atom stereocenters. The van der Waals surface area contributed by atoms with Crippen LogP contribution in [-0.2, 0) is 4.79 Å². The van der Waals surface area contributed by atoms with E-state index in [1.807, 2.05) is 30.3 Å². The van der Waals surface area contributed by atoms with E-state index in [4.69, 9.17) is 4.74 Å². The zero-order valence-electron chi connectivity index (χ0n) is 32.6. The molecule has 0 N–H and O–H groups in total. The molecule has 1 saturated carbocycles. The van der Waals surface area contributed by atoms with Crippen LogP contribution in [0.4, 0.5) is 5.69 Å². The summed E-state index contributed by atoms with van der Waals surface area (Å²) >= 11 is -1.89. The fourth-order valence-corrected chi connectivity index (χ4v) is 13.6. The Morgan fingerprint density at radius 2 is 0.967 bits per heavy atom. The Balaban J connectivity index is 0.000000174. The van der Waals surface area contributed by atoms with E-state index in [1.165, 1.54) is 66.4 Å². The van der Waals surface area contributed by atoms with Crippen molar-refractivity contribution in [3.63, 3.8) is 0 Å². The number of carbonyl (C=O) groups is 4. The molecule has 1 fully saturated rings. The Labute approximate surface area is 384 Å². The van der Waals surface area contributed by atoms with Gasteiger partial charge in [0.15, 0.2) is 7.14 Å². The van der Waals surface area contributed by atoms with Crippen molar-refractivity contribution in [2.75, 3.05) is 0 Å². The number of benzene rings is 6. The number of nitro groups is 1. The second-order valence-electron chi connectivity index (χ2n) is 13.3. The third kappa shape index (κ3) is 14.7. The predicted octanol–water partition coefficient (Wildman–Crippen LogP) is -3.58. The van der Waals surface area contributed by atoms with Gasteiger partial charge in [-0.15, -0.1) is 0 Å². The van der Waals surface area contributed by atoms with Gasteiger partial charge < -0.3 is 34.4 Å². The molecule has 312 valence electrons. The van der Waals surface area contributed by atoms with Crippen LogP contribution < -0.4 is 83.7 Å². The second-order valence-corrected chi connectivity index (χ2v) is 22.1. The molecule has 1 aliphatic carbocycles. The maximum atomic E-state index is 11.2. The largest absolute Gasteiger partial charge is 0.545 e. The molecule has 0 heterocycles. The summed E-state index contributed by atoms with van der Waals surface area (Å²) in [6, 6.07) is 42.9. The summed E-state index contributed by atoms with van der Waals surface area (Å²) < 4.78 is 10.4. The van der Waals surface area contributed by atoms with Gasteiger partial charge in [-0.1, -0.05) is 73.9 Å². The average Bonchev–Trinajstić information content (AvgIpc) is 3.26. The molecule has 0 atom stereocenters. The minimum Gasteiger partial charge on any atom is -0.545 e. The number of hydrogen-bond donors (Lipinski definition) is 0. The zero-order chi connectivity index (χ0) is 43.7. The molecule has 0 bridgehead atoms. The number of nitrogens with zero attached hydrogens (tertiary/aromatic N) is 1. The van der Waals surface area contributed by atoms with Crippen LogP contribution in [0, 0.1) is 31.5 Å². The maximum Gasteiger partial charge on any atom is 0.358 e. The van der Waals surface area contributed by atoms with Crippen molar-refractivity contribution in [2.45, 2.75) is 44.9 Å². The van der Waals surface area contributed by atoms with Crippen molar-refractivity contribution in [2.24, 2.45) is 0 Å². The second kappa shape index (κ2) is 23.7. The van der Waals surface area contributed by atoms with Gasteiger partial charge in [0, 0.05) is 13.0 Å². The van der Waals surface area contributed by atoms with Crippen molar-refractivity contribution in [1.29, 1.82) is 0 Å². The number of carboxylic acid groups (broad SMARTS) is 3. The highest BCUT2D eigenvalue weighted by molar-refractivity contribution is 5.86.